The van der Waals surface area contributed by atoms with Crippen molar-refractivity contribution in [2.24, 2.45) is 0 Å². The molecule has 70 valence electrons. The van der Waals surface area contributed by atoms with Gasteiger partial charge in [-0.15, -0.1) is 0 Å². The summed E-state index contributed by atoms with van der Waals surface area (Å²) in [5, 5.41) is 0. The molecule has 0 saturated heterocycles. The van der Waals surface area contributed by atoms with Gasteiger partial charge in [0.15, 0.2) is 0 Å². The van der Waals surface area contributed by atoms with Crippen LogP contribution in [-0.4, -0.2) is 9.97 Å². The van der Waals surface area contributed by atoms with Gasteiger partial charge in [-0.05, 0) is 40.2 Å². The Morgan fingerprint density at radius 3 is 2.43 bits per heavy atom. The Morgan fingerprint density at radius 2 is 1.79 bits per heavy atom. The topological polar surface area (TPSA) is 25.8 Å². The number of pyridine rings is 2. The summed E-state index contributed by atoms with van der Waals surface area (Å²) in [7, 11) is 0. The van der Waals surface area contributed by atoms with Gasteiger partial charge in [-0.25, -0.2) is 4.98 Å². The van der Waals surface area contributed by atoms with Crippen molar-refractivity contribution in [1.29, 1.82) is 0 Å². The van der Waals surface area contributed by atoms with Crippen LogP contribution in [-0.2, 0) is 0 Å². The van der Waals surface area contributed by atoms with Crippen LogP contribution in [0.3, 0.4) is 0 Å². The summed E-state index contributed by atoms with van der Waals surface area (Å²) in [6.07, 6.45) is 3.30. The van der Waals surface area contributed by atoms with Gasteiger partial charge in [0.2, 0.25) is 5.95 Å². The van der Waals surface area contributed by atoms with Crippen molar-refractivity contribution < 1.29 is 4.39 Å². The fourth-order valence-electron chi connectivity index (χ4n) is 1.10. The van der Waals surface area contributed by atoms with Crippen LogP contribution in [0.2, 0.25) is 0 Å². The number of rotatable bonds is 1. The first-order valence-electron chi connectivity index (χ1n) is 4.00. The summed E-state index contributed by atoms with van der Waals surface area (Å²) in [5.74, 6) is -0.501. The molecule has 0 atom stereocenters. The van der Waals surface area contributed by atoms with Gasteiger partial charge >= 0.3 is 0 Å². The lowest BCUT2D eigenvalue weighted by molar-refractivity contribution is 0.578. The highest BCUT2D eigenvalue weighted by Crippen LogP contribution is 2.20. The van der Waals surface area contributed by atoms with E-state index >= 15 is 0 Å². The number of aromatic nitrogens is 2. The van der Waals surface area contributed by atoms with Gasteiger partial charge in [0.25, 0.3) is 0 Å². The highest BCUT2D eigenvalue weighted by Gasteiger charge is 2.03. The zero-order valence-electron chi connectivity index (χ0n) is 7.11. The number of hydrogen-bond donors (Lipinski definition) is 0. The summed E-state index contributed by atoms with van der Waals surface area (Å²) in [6.45, 7) is 0. The van der Waals surface area contributed by atoms with E-state index < -0.39 is 5.95 Å². The van der Waals surface area contributed by atoms with Gasteiger partial charge in [0.05, 0.1) is 10.2 Å². The first kappa shape index (κ1) is 9.27. The second-order valence-electron chi connectivity index (χ2n) is 2.71. The molecule has 0 aliphatic carbocycles. The Kier molecular flexibility index (Phi) is 2.54. The Morgan fingerprint density at radius 1 is 1.07 bits per heavy atom. The van der Waals surface area contributed by atoms with Gasteiger partial charge in [0, 0.05) is 18.0 Å². The molecule has 2 heterocycles. The molecular formula is C10H6BrFN2. The summed E-state index contributed by atoms with van der Waals surface area (Å²) < 4.78 is 13.5. The number of hydrogen-bond acceptors (Lipinski definition) is 2. The first-order valence-corrected chi connectivity index (χ1v) is 4.79. The maximum Gasteiger partial charge on any atom is 0.227 e. The maximum absolute atomic E-state index is 13.1. The van der Waals surface area contributed by atoms with Crippen LogP contribution >= 0.6 is 15.9 Å². The van der Waals surface area contributed by atoms with E-state index in [0.29, 0.717) is 10.2 Å². The zero-order valence-corrected chi connectivity index (χ0v) is 8.70. The van der Waals surface area contributed by atoms with Crippen LogP contribution in [0.4, 0.5) is 4.39 Å². The quantitative estimate of drug-likeness (QED) is 0.730. The molecule has 2 aromatic heterocycles. The molecule has 4 heteroatoms. The minimum atomic E-state index is -0.501. The van der Waals surface area contributed by atoms with E-state index in [1.54, 1.807) is 36.7 Å². The van der Waals surface area contributed by atoms with E-state index in [2.05, 4.69) is 25.9 Å². The van der Waals surface area contributed by atoms with Crippen molar-refractivity contribution >= 4 is 15.9 Å². The van der Waals surface area contributed by atoms with Crippen molar-refractivity contribution in [3.8, 4) is 11.3 Å². The van der Waals surface area contributed by atoms with E-state index in [4.69, 9.17) is 0 Å². The second kappa shape index (κ2) is 3.84. The first-order chi connectivity index (χ1) is 6.77. The highest BCUT2D eigenvalue weighted by molar-refractivity contribution is 9.10. The molecule has 2 rings (SSSR count). The van der Waals surface area contributed by atoms with Gasteiger partial charge in [-0.2, -0.15) is 4.39 Å². The normalized spacial score (nSPS) is 10.1. The summed E-state index contributed by atoms with van der Waals surface area (Å²) in [6, 6.07) is 6.96. The summed E-state index contributed by atoms with van der Waals surface area (Å²) in [4.78, 5) is 7.68. The Hall–Kier alpha value is -1.29. The Bertz CT molecular complexity index is 445. The molecule has 2 nitrogen and oxygen atoms in total. The maximum atomic E-state index is 13.1. The predicted octanol–water partition coefficient (Wildman–Crippen LogP) is 3.05. The molecule has 0 saturated carbocycles. The standard InChI is InChI=1S/C10H6BrFN2/c11-8-1-2-9(14-10(8)12)7-3-5-13-6-4-7/h1-6H. The lowest BCUT2D eigenvalue weighted by Crippen LogP contribution is -1.88. The molecule has 0 aliphatic heterocycles. The van der Waals surface area contributed by atoms with E-state index in [1.165, 1.54) is 0 Å². The van der Waals surface area contributed by atoms with Crippen LogP contribution < -0.4 is 0 Å². The van der Waals surface area contributed by atoms with E-state index in [9.17, 15) is 4.39 Å². The molecule has 2 aromatic rings. The average Bonchev–Trinajstić information content (AvgIpc) is 2.23. The van der Waals surface area contributed by atoms with Crippen LogP contribution in [0.25, 0.3) is 11.3 Å². The monoisotopic (exact) mass is 252 g/mol. The minimum Gasteiger partial charge on any atom is -0.265 e. The Labute approximate surface area is 89.0 Å². The van der Waals surface area contributed by atoms with Crippen LogP contribution in [0.1, 0.15) is 0 Å². The van der Waals surface area contributed by atoms with Gasteiger partial charge in [-0.3, -0.25) is 4.98 Å². The lowest BCUT2D eigenvalue weighted by Gasteiger charge is -2.00. The SMILES string of the molecule is Fc1nc(-c2ccncc2)ccc1Br. The lowest BCUT2D eigenvalue weighted by atomic mass is 10.2. The predicted molar refractivity (Wildman–Crippen MR) is 55.1 cm³/mol. The molecular weight excluding hydrogens is 247 g/mol. The fourth-order valence-corrected chi connectivity index (χ4v) is 1.32. The zero-order chi connectivity index (χ0) is 9.97. The van der Waals surface area contributed by atoms with Gasteiger partial charge in [-0.1, -0.05) is 0 Å². The van der Waals surface area contributed by atoms with E-state index in [-0.39, 0.29) is 0 Å². The Balaban J connectivity index is 2.48. The van der Waals surface area contributed by atoms with Crippen molar-refractivity contribution in [3.05, 3.63) is 47.1 Å². The molecule has 0 fully saturated rings. The van der Waals surface area contributed by atoms with Gasteiger partial charge in [0.1, 0.15) is 0 Å². The molecule has 0 amide bonds. The molecule has 0 radical (unpaired) electrons. The number of halogens is 2. The largest absolute Gasteiger partial charge is 0.265 e. The van der Waals surface area contributed by atoms with Crippen molar-refractivity contribution in [2.75, 3.05) is 0 Å². The molecule has 0 spiro atoms. The molecule has 0 bridgehead atoms. The molecule has 0 aliphatic rings. The molecule has 0 N–H and O–H groups in total. The van der Waals surface area contributed by atoms with Crippen molar-refractivity contribution in [2.45, 2.75) is 0 Å². The highest BCUT2D eigenvalue weighted by atomic mass is 79.9. The third-order valence-electron chi connectivity index (χ3n) is 1.78. The third kappa shape index (κ3) is 1.80. The van der Waals surface area contributed by atoms with Crippen molar-refractivity contribution in [3.63, 3.8) is 0 Å². The van der Waals surface area contributed by atoms with E-state index in [0.717, 1.165) is 5.56 Å². The van der Waals surface area contributed by atoms with Crippen LogP contribution in [0, 0.1) is 5.95 Å². The molecule has 0 unspecified atom stereocenters. The summed E-state index contributed by atoms with van der Waals surface area (Å²) in [5.41, 5.74) is 1.46. The average molecular weight is 253 g/mol. The smallest absolute Gasteiger partial charge is 0.227 e. The molecule has 14 heavy (non-hydrogen) atoms. The minimum absolute atomic E-state index is 0.371. The third-order valence-corrected chi connectivity index (χ3v) is 2.37. The van der Waals surface area contributed by atoms with Gasteiger partial charge < -0.3 is 0 Å². The second-order valence-corrected chi connectivity index (χ2v) is 3.56. The van der Waals surface area contributed by atoms with Crippen molar-refractivity contribution in [1.82, 2.24) is 9.97 Å². The molecule has 0 aromatic carbocycles. The van der Waals surface area contributed by atoms with E-state index in [1.807, 2.05) is 0 Å². The van der Waals surface area contributed by atoms with Crippen LogP contribution in [0.15, 0.2) is 41.1 Å². The fraction of sp³-hybridized carbons (Fsp3) is 0. The van der Waals surface area contributed by atoms with Crippen LogP contribution in [0.5, 0.6) is 0 Å². The number of nitrogens with zero attached hydrogens (tertiary/aromatic N) is 2. The summed E-state index contributed by atoms with van der Waals surface area (Å²) >= 11 is 3.05.